The van der Waals surface area contributed by atoms with Crippen LogP contribution in [0.25, 0.3) is 0 Å². The number of aliphatic carboxylic acids is 1. The Balaban J connectivity index is 3.83. The van der Waals surface area contributed by atoms with Gasteiger partial charge in [-0.3, -0.25) is 9.59 Å². The zero-order valence-electron chi connectivity index (χ0n) is 9.26. The SMILES string of the molecule is CN(C)S(=O)(=O)CCNC(=O)CCC(=O)O. The number of hydrogen-bond donors (Lipinski definition) is 2. The maximum atomic E-state index is 11.3. The number of nitrogens with one attached hydrogen (secondary N) is 1. The Morgan fingerprint density at radius 1 is 1.25 bits per heavy atom. The van der Waals surface area contributed by atoms with Crippen molar-refractivity contribution in [3.63, 3.8) is 0 Å². The summed E-state index contributed by atoms with van der Waals surface area (Å²) in [6.45, 7) is -0.0149. The van der Waals surface area contributed by atoms with Gasteiger partial charge in [-0.2, -0.15) is 0 Å². The molecule has 0 rings (SSSR count). The van der Waals surface area contributed by atoms with E-state index in [0.29, 0.717) is 0 Å². The first-order valence-corrected chi connectivity index (χ1v) is 6.25. The van der Waals surface area contributed by atoms with Gasteiger partial charge < -0.3 is 10.4 Å². The maximum absolute atomic E-state index is 11.3. The molecule has 0 aliphatic rings. The van der Waals surface area contributed by atoms with Gasteiger partial charge in [0.2, 0.25) is 15.9 Å². The van der Waals surface area contributed by atoms with E-state index in [9.17, 15) is 18.0 Å². The minimum atomic E-state index is -3.32. The Labute approximate surface area is 94.5 Å². The van der Waals surface area contributed by atoms with E-state index < -0.39 is 21.9 Å². The highest BCUT2D eigenvalue weighted by Crippen LogP contribution is 1.93. The molecule has 0 saturated heterocycles. The molecule has 0 aliphatic carbocycles. The van der Waals surface area contributed by atoms with Crippen LogP contribution in [0.4, 0.5) is 0 Å². The van der Waals surface area contributed by atoms with Gasteiger partial charge in [0, 0.05) is 27.1 Å². The average Bonchev–Trinajstić information content (AvgIpc) is 2.14. The lowest BCUT2D eigenvalue weighted by Crippen LogP contribution is -2.34. The van der Waals surface area contributed by atoms with Crippen molar-refractivity contribution in [3.8, 4) is 0 Å². The summed E-state index contributed by atoms with van der Waals surface area (Å²) in [6.07, 6.45) is -0.399. The van der Waals surface area contributed by atoms with Crippen molar-refractivity contribution in [1.82, 2.24) is 9.62 Å². The molecule has 16 heavy (non-hydrogen) atoms. The standard InChI is InChI=1S/C8H16N2O5S/c1-10(2)16(14,15)6-5-9-7(11)3-4-8(12)13/h3-6H2,1-2H3,(H,9,11)(H,12,13). The molecule has 7 nitrogen and oxygen atoms in total. The Hall–Kier alpha value is -1.15. The normalized spacial score (nSPS) is 11.4. The molecule has 0 aliphatic heterocycles. The van der Waals surface area contributed by atoms with Crippen LogP contribution in [0.2, 0.25) is 0 Å². The summed E-state index contributed by atoms with van der Waals surface area (Å²) < 4.78 is 23.6. The van der Waals surface area contributed by atoms with Crippen LogP contribution in [0.3, 0.4) is 0 Å². The molecule has 0 saturated carbocycles. The van der Waals surface area contributed by atoms with Crippen molar-refractivity contribution in [2.45, 2.75) is 12.8 Å². The average molecular weight is 252 g/mol. The Morgan fingerprint density at radius 2 is 1.81 bits per heavy atom. The molecule has 8 heteroatoms. The summed E-state index contributed by atoms with van der Waals surface area (Å²) in [6, 6.07) is 0. The third-order valence-corrected chi connectivity index (χ3v) is 3.64. The fraction of sp³-hybridized carbons (Fsp3) is 0.750. The molecule has 0 unspecified atom stereocenters. The second kappa shape index (κ2) is 6.44. The van der Waals surface area contributed by atoms with Gasteiger partial charge in [0.1, 0.15) is 0 Å². The van der Waals surface area contributed by atoms with E-state index in [0.717, 1.165) is 4.31 Å². The molecular formula is C8H16N2O5S. The minimum Gasteiger partial charge on any atom is -0.481 e. The van der Waals surface area contributed by atoms with Crippen molar-refractivity contribution < 1.29 is 23.1 Å². The number of carboxylic acid groups (broad SMARTS) is 1. The zero-order valence-corrected chi connectivity index (χ0v) is 10.1. The van der Waals surface area contributed by atoms with Crippen LogP contribution in [0, 0.1) is 0 Å². The Bertz CT molecular complexity index is 349. The van der Waals surface area contributed by atoms with Crippen molar-refractivity contribution in [2.75, 3.05) is 26.4 Å². The number of sulfonamides is 1. The van der Waals surface area contributed by atoms with Crippen LogP contribution in [-0.4, -0.2) is 56.1 Å². The van der Waals surface area contributed by atoms with E-state index in [1.807, 2.05) is 0 Å². The van der Waals surface area contributed by atoms with Crippen LogP contribution in [-0.2, 0) is 19.6 Å². The fourth-order valence-electron chi connectivity index (χ4n) is 0.811. The van der Waals surface area contributed by atoms with Crippen LogP contribution in [0.5, 0.6) is 0 Å². The van der Waals surface area contributed by atoms with Gasteiger partial charge in [-0.25, -0.2) is 12.7 Å². The number of amides is 1. The van der Waals surface area contributed by atoms with Crippen LogP contribution < -0.4 is 5.32 Å². The van der Waals surface area contributed by atoms with E-state index in [1.165, 1.54) is 14.1 Å². The van der Waals surface area contributed by atoms with Crippen LogP contribution in [0.1, 0.15) is 12.8 Å². The van der Waals surface area contributed by atoms with Gasteiger partial charge in [0.25, 0.3) is 0 Å². The third kappa shape index (κ3) is 6.36. The third-order valence-electron chi connectivity index (χ3n) is 1.80. The first-order valence-electron chi connectivity index (χ1n) is 4.64. The largest absolute Gasteiger partial charge is 0.481 e. The Kier molecular flexibility index (Phi) is 5.97. The van der Waals surface area contributed by atoms with Crippen molar-refractivity contribution in [3.05, 3.63) is 0 Å². The number of carbonyl (C=O) groups is 2. The van der Waals surface area contributed by atoms with Gasteiger partial charge in [0.15, 0.2) is 0 Å². The minimum absolute atomic E-state index is 0.0149. The molecule has 1 amide bonds. The second-order valence-electron chi connectivity index (χ2n) is 3.34. The first-order chi connectivity index (χ1) is 7.25. The summed E-state index contributed by atoms with van der Waals surface area (Å²) >= 11 is 0. The zero-order chi connectivity index (χ0) is 12.8. The van der Waals surface area contributed by atoms with E-state index >= 15 is 0 Å². The number of hydrogen-bond acceptors (Lipinski definition) is 4. The number of carboxylic acids is 1. The summed E-state index contributed by atoms with van der Waals surface area (Å²) in [5, 5.41) is 10.6. The highest BCUT2D eigenvalue weighted by Gasteiger charge is 2.13. The molecule has 94 valence electrons. The maximum Gasteiger partial charge on any atom is 0.303 e. The molecule has 0 aromatic carbocycles. The van der Waals surface area contributed by atoms with E-state index in [4.69, 9.17) is 5.11 Å². The molecular weight excluding hydrogens is 236 g/mol. The molecule has 0 heterocycles. The summed E-state index contributed by atoms with van der Waals surface area (Å²) in [5.74, 6) is -1.72. The summed E-state index contributed by atoms with van der Waals surface area (Å²) in [7, 11) is -0.514. The molecule has 0 aromatic heterocycles. The molecule has 0 bridgehead atoms. The quantitative estimate of drug-likeness (QED) is 0.596. The predicted molar refractivity (Wildman–Crippen MR) is 57.4 cm³/mol. The molecule has 0 radical (unpaired) electrons. The van der Waals surface area contributed by atoms with E-state index in [2.05, 4.69) is 5.32 Å². The molecule has 2 N–H and O–H groups in total. The van der Waals surface area contributed by atoms with Gasteiger partial charge in [-0.15, -0.1) is 0 Å². The van der Waals surface area contributed by atoms with Crippen molar-refractivity contribution in [2.24, 2.45) is 0 Å². The lowest BCUT2D eigenvalue weighted by Gasteiger charge is -2.11. The lowest BCUT2D eigenvalue weighted by atomic mass is 10.3. The van der Waals surface area contributed by atoms with Gasteiger partial charge in [0.05, 0.1) is 12.2 Å². The highest BCUT2D eigenvalue weighted by atomic mass is 32.2. The molecule has 0 aromatic rings. The molecule has 0 fully saturated rings. The first kappa shape index (κ1) is 14.8. The molecule has 0 spiro atoms. The van der Waals surface area contributed by atoms with Gasteiger partial charge >= 0.3 is 5.97 Å². The number of carbonyl (C=O) groups excluding carboxylic acids is 1. The highest BCUT2D eigenvalue weighted by molar-refractivity contribution is 7.89. The van der Waals surface area contributed by atoms with Gasteiger partial charge in [-0.05, 0) is 0 Å². The van der Waals surface area contributed by atoms with Gasteiger partial charge in [-0.1, -0.05) is 0 Å². The van der Waals surface area contributed by atoms with Crippen LogP contribution in [0.15, 0.2) is 0 Å². The molecule has 0 atom stereocenters. The monoisotopic (exact) mass is 252 g/mol. The second-order valence-corrected chi connectivity index (χ2v) is 5.64. The van der Waals surface area contributed by atoms with Crippen molar-refractivity contribution >= 4 is 21.9 Å². The number of rotatable bonds is 7. The Morgan fingerprint density at radius 3 is 2.25 bits per heavy atom. The number of nitrogens with zero attached hydrogens (tertiary/aromatic N) is 1. The van der Waals surface area contributed by atoms with E-state index in [1.54, 1.807) is 0 Å². The van der Waals surface area contributed by atoms with E-state index in [-0.39, 0.29) is 25.1 Å². The lowest BCUT2D eigenvalue weighted by molar-refractivity contribution is -0.138. The van der Waals surface area contributed by atoms with Crippen LogP contribution >= 0.6 is 0 Å². The fourth-order valence-corrected chi connectivity index (χ4v) is 1.54. The van der Waals surface area contributed by atoms with Crippen molar-refractivity contribution in [1.29, 1.82) is 0 Å². The summed E-state index contributed by atoms with van der Waals surface area (Å²) in [5.41, 5.74) is 0. The summed E-state index contributed by atoms with van der Waals surface area (Å²) in [4.78, 5) is 21.2. The topological polar surface area (TPSA) is 104 Å². The smallest absolute Gasteiger partial charge is 0.303 e. The predicted octanol–water partition coefficient (Wildman–Crippen LogP) is -1.14.